The molecule has 88 valence electrons. The van der Waals surface area contributed by atoms with Crippen molar-refractivity contribution in [2.45, 2.75) is 31.3 Å². The fourth-order valence-corrected chi connectivity index (χ4v) is 3.91. The van der Waals surface area contributed by atoms with Crippen LogP contribution >= 0.6 is 27.7 Å². The lowest BCUT2D eigenvalue weighted by Crippen LogP contribution is -2.41. The summed E-state index contributed by atoms with van der Waals surface area (Å²) in [4.78, 5) is 6.89. The average Bonchev–Trinajstić information content (AvgIpc) is 2.20. The number of aryl methyl sites for hydroxylation is 1. The van der Waals surface area contributed by atoms with Crippen molar-refractivity contribution in [1.82, 2.24) is 4.98 Å². The van der Waals surface area contributed by atoms with Gasteiger partial charge in [0.1, 0.15) is 5.82 Å². The summed E-state index contributed by atoms with van der Waals surface area (Å²) >= 11 is 5.71. The lowest BCUT2D eigenvalue weighted by atomic mass is 10.2. The van der Waals surface area contributed by atoms with Crippen molar-refractivity contribution in [3.63, 3.8) is 0 Å². The van der Waals surface area contributed by atoms with E-state index in [9.17, 15) is 0 Å². The smallest absolute Gasteiger partial charge is 0.143 e. The van der Waals surface area contributed by atoms with Crippen LogP contribution in [0, 0.1) is 6.92 Å². The monoisotopic (exact) mass is 300 g/mol. The molecule has 4 heteroatoms. The number of nitrogens with zero attached hydrogens (tertiary/aromatic N) is 2. The lowest BCUT2D eigenvalue weighted by molar-refractivity contribution is 0.716. The first-order chi connectivity index (χ1) is 7.58. The van der Waals surface area contributed by atoms with Crippen LogP contribution in [-0.2, 0) is 0 Å². The Morgan fingerprint density at radius 2 is 2.00 bits per heavy atom. The Labute approximate surface area is 110 Å². The molecule has 0 radical (unpaired) electrons. The molecule has 1 aromatic heterocycles. The first-order valence-electron chi connectivity index (χ1n) is 5.59. The van der Waals surface area contributed by atoms with Crippen molar-refractivity contribution in [2.24, 2.45) is 0 Å². The molecule has 1 aliphatic rings. The maximum Gasteiger partial charge on any atom is 0.143 e. The number of hydrogen-bond acceptors (Lipinski definition) is 3. The summed E-state index contributed by atoms with van der Waals surface area (Å²) in [5.41, 5.74) is 1.25. The molecule has 0 bridgehead atoms. The molecule has 2 nitrogen and oxygen atoms in total. The minimum Gasteiger partial charge on any atom is -0.353 e. The summed E-state index contributed by atoms with van der Waals surface area (Å²) in [7, 11) is 0. The molecule has 0 aromatic carbocycles. The Balaban J connectivity index is 2.26. The van der Waals surface area contributed by atoms with E-state index in [0.717, 1.165) is 23.4 Å². The number of thioether (sulfide) groups is 1. The second-order valence-corrected chi connectivity index (χ2v) is 7.10. The highest BCUT2D eigenvalue weighted by Gasteiger charge is 2.24. The molecule has 1 aliphatic heterocycles. The quantitative estimate of drug-likeness (QED) is 0.790. The van der Waals surface area contributed by atoms with Crippen LogP contribution in [0.3, 0.4) is 0 Å². The van der Waals surface area contributed by atoms with Gasteiger partial charge in [0.05, 0.1) is 4.47 Å². The summed E-state index contributed by atoms with van der Waals surface area (Å²) in [5, 5.41) is 1.36. The fourth-order valence-electron chi connectivity index (χ4n) is 2.10. The van der Waals surface area contributed by atoms with Crippen LogP contribution in [-0.4, -0.2) is 28.6 Å². The number of pyridine rings is 1. The molecule has 0 saturated carbocycles. The molecule has 2 heterocycles. The van der Waals surface area contributed by atoms with E-state index in [2.05, 4.69) is 58.3 Å². The third kappa shape index (κ3) is 2.54. The van der Waals surface area contributed by atoms with Crippen molar-refractivity contribution >= 4 is 33.5 Å². The molecule has 0 N–H and O–H groups in total. The van der Waals surface area contributed by atoms with E-state index in [4.69, 9.17) is 0 Å². The van der Waals surface area contributed by atoms with E-state index < -0.39 is 0 Å². The topological polar surface area (TPSA) is 16.1 Å². The van der Waals surface area contributed by atoms with Gasteiger partial charge in [0.25, 0.3) is 0 Å². The van der Waals surface area contributed by atoms with Crippen molar-refractivity contribution in [3.8, 4) is 0 Å². The summed E-state index contributed by atoms with van der Waals surface area (Å²) in [6.45, 7) is 8.86. The van der Waals surface area contributed by atoms with Crippen LogP contribution in [0.4, 0.5) is 5.82 Å². The predicted molar refractivity (Wildman–Crippen MR) is 75.4 cm³/mol. The van der Waals surface area contributed by atoms with Crippen molar-refractivity contribution in [2.75, 3.05) is 18.0 Å². The summed E-state index contributed by atoms with van der Waals surface area (Å²) in [6.07, 6.45) is 1.90. The van der Waals surface area contributed by atoms with Crippen LogP contribution in [0.15, 0.2) is 16.7 Å². The molecule has 2 atom stereocenters. The summed E-state index contributed by atoms with van der Waals surface area (Å²) in [5.74, 6) is 1.10. The number of halogens is 1. The zero-order valence-electron chi connectivity index (χ0n) is 9.90. The highest BCUT2D eigenvalue weighted by atomic mass is 79.9. The van der Waals surface area contributed by atoms with Crippen LogP contribution in [0.2, 0.25) is 0 Å². The molecule has 1 saturated heterocycles. The maximum absolute atomic E-state index is 4.50. The largest absolute Gasteiger partial charge is 0.353 e. The van der Waals surface area contributed by atoms with E-state index in [1.54, 1.807) is 0 Å². The standard InChI is InChI=1S/C12H17BrN2S/c1-8-4-5-14-12(11(8)13)15-6-9(2)16-10(3)7-15/h4-5,9-10H,6-7H2,1-3H3. The molecule has 1 aromatic rings. The third-order valence-corrected chi connectivity index (χ3v) is 4.99. The second-order valence-electron chi connectivity index (χ2n) is 4.43. The molecular formula is C12H17BrN2S. The highest BCUT2D eigenvalue weighted by molar-refractivity contribution is 9.10. The highest BCUT2D eigenvalue weighted by Crippen LogP contribution is 2.32. The molecule has 2 unspecified atom stereocenters. The zero-order valence-corrected chi connectivity index (χ0v) is 12.3. The Morgan fingerprint density at radius 3 is 2.62 bits per heavy atom. The summed E-state index contributed by atoms with van der Waals surface area (Å²) in [6, 6.07) is 2.04. The fraction of sp³-hybridized carbons (Fsp3) is 0.583. The first kappa shape index (κ1) is 12.2. The maximum atomic E-state index is 4.50. The van der Waals surface area contributed by atoms with Crippen molar-refractivity contribution in [3.05, 3.63) is 22.3 Å². The molecule has 2 rings (SSSR count). The van der Waals surface area contributed by atoms with Gasteiger partial charge in [0.15, 0.2) is 0 Å². The Kier molecular flexibility index (Phi) is 3.80. The van der Waals surface area contributed by atoms with E-state index in [-0.39, 0.29) is 0 Å². The van der Waals surface area contributed by atoms with Gasteiger partial charge in [-0.3, -0.25) is 0 Å². The van der Waals surface area contributed by atoms with Gasteiger partial charge in [-0.25, -0.2) is 4.98 Å². The normalized spacial score (nSPS) is 25.9. The van der Waals surface area contributed by atoms with Crippen molar-refractivity contribution < 1.29 is 0 Å². The molecular weight excluding hydrogens is 284 g/mol. The molecule has 1 fully saturated rings. The van der Waals surface area contributed by atoms with Crippen LogP contribution in [0.25, 0.3) is 0 Å². The van der Waals surface area contributed by atoms with E-state index >= 15 is 0 Å². The van der Waals surface area contributed by atoms with Crippen LogP contribution in [0.1, 0.15) is 19.4 Å². The van der Waals surface area contributed by atoms with Gasteiger partial charge in [-0.1, -0.05) is 13.8 Å². The van der Waals surface area contributed by atoms with E-state index in [0.29, 0.717) is 10.5 Å². The van der Waals surface area contributed by atoms with Crippen LogP contribution in [0.5, 0.6) is 0 Å². The third-order valence-electron chi connectivity index (χ3n) is 2.78. The minimum atomic E-state index is 0.679. The van der Waals surface area contributed by atoms with Gasteiger partial charge in [0, 0.05) is 29.8 Å². The van der Waals surface area contributed by atoms with Gasteiger partial charge in [-0.15, -0.1) is 0 Å². The number of anilines is 1. The van der Waals surface area contributed by atoms with Crippen LogP contribution < -0.4 is 4.90 Å². The second kappa shape index (κ2) is 4.96. The van der Waals surface area contributed by atoms with Gasteiger partial charge in [0.2, 0.25) is 0 Å². The van der Waals surface area contributed by atoms with Gasteiger partial charge in [-0.05, 0) is 34.5 Å². The van der Waals surface area contributed by atoms with Gasteiger partial charge in [-0.2, -0.15) is 11.8 Å². The Morgan fingerprint density at radius 1 is 1.38 bits per heavy atom. The molecule has 0 aliphatic carbocycles. The Hall–Kier alpha value is -0.220. The zero-order chi connectivity index (χ0) is 11.7. The number of rotatable bonds is 1. The Bertz CT molecular complexity index is 373. The molecule has 0 spiro atoms. The predicted octanol–water partition coefficient (Wildman–Crippen LogP) is 3.48. The van der Waals surface area contributed by atoms with E-state index in [1.165, 1.54) is 5.56 Å². The van der Waals surface area contributed by atoms with Gasteiger partial charge < -0.3 is 4.90 Å². The lowest BCUT2D eigenvalue weighted by Gasteiger charge is -2.36. The molecule has 0 amide bonds. The molecule has 16 heavy (non-hydrogen) atoms. The summed E-state index contributed by atoms with van der Waals surface area (Å²) < 4.78 is 1.14. The minimum absolute atomic E-state index is 0.679. The first-order valence-corrected chi connectivity index (χ1v) is 7.33. The number of hydrogen-bond donors (Lipinski definition) is 0. The van der Waals surface area contributed by atoms with E-state index in [1.807, 2.05) is 12.3 Å². The van der Waals surface area contributed by atoms with Gasteiger partial charge >= 0.3 is 0 Å². The average molecular weight is 301 g/mol. The van der Waals surface area contributed by atoms with Crippen molar-refractivity contribution in [1.29, 1.82) is 0 Å². The SMILES string of the molecule is Cc1ccnc(N2CC(C)SC(C)C2)c1Br. The number of aromatic nitrogens is 1.